The fraction of sp³-hybridized carbons (Fsp3) is 0.600. The summed E-state index contributed by atoms with van der Waals surface area (Å²) in [6.07, 6.45) is 1.32. The molecule has 1 fully saturated rings. The van der Waals surface area contributed by atoms with Gasteiger partial charge >= 0.3 is 0 Å². The zero-order valence-corrected chi connectivity index (χ0v) is 11.7. The van der Waals surface area contributed by atoms with Crippen molar-refractivity contribution < 1.29 is 9.47 Å². The molecule has 4 heteroatoms. The van der Waals surface area contributed by atoms with Gasteiger partial charge in [-0.2, -0.15) is 0 Å². The molecule has 2 aliphatic rings. The van der Waals surface area contributed by atoms with Gasteiger partial charge in [-0.1, -0.05) is 6.07 Å². The van der Waals surface area contributed by atoms with Crippen LogP contribution in [0.4, 0.5) is 0 Å². The maximum atomic E-state index is 5.97. The van der Waals surface area contributed by atoms with Gasteiger partial charge in [-0.25, -0.2) is 0 Å². The number of hydrogen-bond donors (Lipinski definition) is 1. The first-order valence-corrected chi connectivity index (χ1v) is 6.99. The zero-order chi connectivity index (χ0) is 13.2. The van der Waals surface area contributed by atoms with Crippen LogP contribution in [0.1, 0.15) is 17.2 Å². The summed E-state index contributed by atoms with van der Waals surface area (Å²) in [7, 11) is 3.91. The molecule has 1 saturated heterocycles. The summed E-state index contributed by atoms with van der Waals surface area (Å²) < 4.78 is 11.3. The van der Waals surface area contributed by atoms with Crippen LogP contribution in [-0.4, -0.2) is 51.4 Å². The monoisotopic (exact) mass is 262 g/mol. The molecule has 1 aromatic carbocycles. The highest BCUT2D eigenvalue weighted by atomic mass is 16.5. The van der Waals surface area contributed by atoms with Crippen molar-refractivity contribution in [1.82, 2.24) is 10.2 Å². The quantitative estimate of drug-likeness (QED) is 0.869. The number of morpholine rings is 1. The lowest BCUT2D eigenvalue weighted by Crippen LogP contribution is -2.48. The summed E-state index contributed by atoms with van der Waals surface area (Å²) in [6.45, 7) is 3.77. The van der Waals surface area contributed by atoms with E-state index in [0.717, 1.165) is 38.4 Å². The highest BCUT2D eigenvalue weighted by Gasteiger charge is 2.33. The van der Waals surface area contributed by atoms with Crippen molar-refractivity contribution in [2.45, 2.75) is 18.6 Å². The Morgan fingerprint density at radius 1 is 1.42 bits per heavy atom. The van der Waals surface area contributed by atoms with Crippen LogP contribution < -0.4 is 10.1 Å². The van der Waals surface area contributed by atoms with Gasteiger partial charge in [0.25, 0.3) is 0 Å². The van der Waals surface area contributed by atoms with Crippen LogP contribution in [-0.2, 0) is 11.2 Å². The van der Waals surface area contributed by atoms with Crippen molar-refractivity contribution in [2.24, 2.45) is 0 Å². The number of benzene rings is 1. The maximum Gasteiger partial charge on any atom is 0.119 e. The Morgan fingerprint density at radius 2 is 2.32 bits per heavy atom. The first-order valence-electron chi connectivity index (χ1n) is 6.99. The molecular weight excluding hydrogens is 240 g/mol. The van der Waals surface area contributed by atoms with Crippen LogP contribution in [0.2, 0.25) is 0 Å². The molecule has 4 nitrogen and oxygen atoms in total. The van der Waals surface area contributed by atoms with E-state index in [4.69, 9.17) is 9.47 Å². The molecule has 3 rings (SSSR count). The molecule has 1 N–H and O–H groups in total. The lowest BCUT2D eigenvalue weighted by atomic mass is 9.89. The van der Waals surface area contributed by atoms with Crippen LogP contribution in [0.3, 0.4) is 0 Å². The summed E-state index contributed by atoms with van der Waals surface area (Å²) in [6, 6.07) is 6.78. The van der Waals surface area contributed by atoms with E-state index < -0.39 is 0 Å². The Morgan fingerprint density at radius 3 is 3.05 bits per heavy atom. The molecule has 0 aromatic heterocycles. The minimum absolute atomic E-state index is 0.242. The van der Waals surface area contributed by atoms with Gasteiger partial charge in [0.05, 0.1) is 25.9 Å². The highest BCUT2D eigenvalue weighted by Crippen LogP contribution is 2.34. The lowest BCUT2D eigenvalue weighted by molar-refractivity contribution is -0.0296. The maximum absolute atomic E-state index is 5.97. The molecule has 0 aliphatic carbocycles. The molecule has 19 heavy (non-hydrogen) atoms. The largest absolute Gasteiger partial charge is 0.497 e. The molecule has 0 bridgehead atoms. The van der Waals surface area contributed by atoms with Crippen LogP contribution in [0.25, 0.3) is 0 Å². The van der Waals surface area contributed by atoms with Gasteiger partial charge in [-0.05, 0) is 36.7 Å². The van der Waals surface area contributed by atoms with Crippen molar-refractivity contribution in [3.05, 3.63) is 29.3 Å². The van der Waals surface area contributed by atoms with Crippen molar-refractivity contribution in [2.75, 3.05) is 40.4 Å². The second kappa shape index (κ2) is 5.49. The SMILES string of the molecule is COc1ccc2c(c1)CCN(C)C2C1CNCCO1. The smallest absolute Gasteiger partial charge is 0.119 e. The molecule has 0 saturated carbocycles. The van der Waals surface area contributed by atoms with Crippen LogP contribution in [0.15, 0.2) is 18.2 Å². The van der Waals surface area contributed by atoms with Gasteiger partial charge in [0, 0.05) is 19.6 Å². The molecule has 1 aromatic rings. The van der Waals surface area contributed by atoms with E-state index in [1.807, 2.05) is 0 Å². The van der Waals surface area contributed by atoms with Crippen molar-refractivity contribution in [3.63, 3.8) is 0 Å². The minimum atomic E-state index is 0.242. The Bertz CT molecular complexity index is 444. The topological polar surface area (TPSA) is 33.7 Å². The molecule has 2 atom stereocenters. The highest BCUT2D eigenvalue weighted by molar-refractivity contribution is 5.39. The van der Waals surface area contributed by atoms with Crippen LogP contribution in [0, 0.1) is 0 Å². The van der Waals surface area contributed by atoms with Crippen LogP contribution >= 0.6 is 0 Å². The second-order valence-corrected chi connectivity index (χ2v) is 5.35. The van der Waals surface area contributed by atoms with E-state index in [-0.39, 0.29) is 6.10 Å². The van der Waals surface area contributed by atoms with E-state index in [9.17, 15) is 0 Å². The number of methoxy groups -OCH3 is 1. The zero-order valence-electron chi connectivity index (χ0n) is 11.7. The molecule has 0 radical (unpaired) electrons. The summed E-state index contributed by atoms with van der Waals surface area (Å²) in [5, 5.41) is 3.43. The third-order valence-electron chi connectivity index (χ3n) is 4.19. The van der Waals surface area contributed by atoms with Gasteiger partial charge in [0.15, 0.2) is 0 Å². The predicted octanol–water partition coefficient (Wildman–Crippen LogP) is 1.21. The van der Waals surface area contributed by atoms with E-state index in [1.54, 1.807) is 7.11 Å². The average Bonchev–Trinajstić information content (AvgIpc) is 2.47. The van der Waals surface area contributed by atoms with Crippen molar-refractivity contribution >= 4 is 0 Å². The van der Waals surface area contributed by atoms with Gasteiger partial charge < -0.3 is 14.8 Å². The predicted molar refractivity (Wildman–Crippen MR) is 74.7 cm³/mol. The Labute approximate surface area is 114 Å². The molecule has 2 aliphatic heterocycles. The van der Waals surface area contributed by atoms with Crippen molar-refractivity contribution in [3.8, 4) is 5.75 Å². The Kier molecular flexibility index (Phi) is 3.73. The standard InChI is InChI=1S/C15H22N2O2/c1-17-7-5-11-9-12(18-2)3-4-13(11)15(17)14-10-16-6-8-19-14/h3-4,9,14-16H,5-8,10H2,1-2H3. The summed E-state index contributed by atoms with van der Waals surface area (Å²) >= 11 is 0. The molecule has 0 spiro atoms. The fourth-order valence-corrected chi connectivity index (χ4v) is 3.16. The molecule has 2 unspecified atom stereocenters. The summed E-state index contributed by atoms with van der Waals surface area (Å²) in [5.41, 5.74) is 2.79. The third-order valence-corrected chi connectivity index (χ3v) is 4.19. The third kappa shape index (κ3) is 2.48. The van der Waals surface area contributed by atoms with E-state index in [1.165, 1.54) is 11.1 Å². The average molecular weight is 262 g/mol. The first-order chi connectivity index (χ1) is 9.29. The molecule has 104 valence electrons. The van der Waals surface area contributed by atoms with Gasteiger partial charge in [-0.3, -0.25) is 4.90 Å². The number of nitrogens with one attached hydrogen (secondary N) is 1. The van der Waals surface area contributed by atoms with Crippen LogP contribution in [0.5, 0.6) is 5.75 Å². The molecule has 2 heterocycles. The van der Waals surface area contributed by atoms with E-state index in [0.29, 0.717) is 6.04 Å². The van der Waals surface area contributed by atoms with Gasteiger partial charge in [-0.15, -0.1) is 0 Å². The number of fused-ring (bicyclic) bond motifs is 1. The second-order valence-electron chi connectivity index (χ2n) is 5.35. The lowest BCUT2D eigenvalue weighted by Gasteiger charge is -2.41. The number of nitrogens with zero attached hydrogens (tertiary/aromatic N) is 1. The van der Waals surface area contributed by atoms with Gasteiger partial charge in [0.1, 0.15) is 5.75 Å². The minimum Gasteiger partial charge on any atom is -0.497 e. The number of ether oxygens (including phenoxy) is 2. The summed E-state index contributed by atoms with van der Waals surface area (Å²) in [4.78, 5) is 2.41. The first kappa shape index (κ1) is 12.9. The number of hydrogen-bond acceptors (Lipinski definition) is 4. The van der Waals surface area contributed by atoms with Gasteiger partial charge in [0.2, 0.25) is 0 Å². The fourth-order valence-electron chi connectivity index (χ4n) is 3.16. The Hall–Kier alpha value is -1.10. The molecule has 0 amide bonds. The van der Waals surface area contributed by atoms with E-state index >= 15 is 0 Å². The molecular formula is C15H22N2O2. The Balaban J connectivity index is 1.91. The number of likely N-dealkylation sites (N-methyl/N-ethyl adjacent to an activating group) is 1. The normalized spacial score (nSPS) is 27.9. The summed E-state index contributed by atoms with van der Waals surface area (Å²) in [5.74, 6) is 0.949. The van der Waals surface area contributed by atoms with E-state index in [2.05, 4.69) is 35.5 Å². The van der Waals surface area contributed by atoms with Crippen molar-refractivity contribution in [1.29, 1.82) is 0 Å². The number of rotatable bonds is 2.